The van der Waals surface area contributed by atoms with E-state index in [9.17, 15) is 0 Å². The molecule has 1 N–H and O–H groups in total. The summed E-state index contributed by atoms with van der Waals surface area (Å²) in [5.74, 6) is 3.01. The van der Waals surface area contributed by atoms with Gasteiger partial charge in [0.15, 0.2) is 5.89 Å². The van der Waals surface area contributed by atoms with Gasteiger partial charge in [-0.1, -0.05) is 13.8 Å². The number of oxazole rings is 1. The summed E-state index contributed by atoms with van der Waals surface area (Å²) in [6.07, 6.45) is 3.67. The standard InChI is InChI=1S/C13H22N2O/c1-9(2)13-15-12(10(3)16-13)7-11-5-4-6-14-8-11/h9,11,14H,4-8H2,1-3H3. The van der Waals surface area contributed by atoms with Crippen molar-refractivity contribution >= 4 is 0 Å². The molecule has 1 aromatic rings. The predicted octanol–water partition coefficient (Wildman–Crippen LogP) is 2.65. The summed E-state index contributed by atoms with van der Waals surface area (Å²) in [4.78, 5) is 4.61. The van der Waals surface area contributed by atoms with E-state index in [1.165, 1.54) is 19.4 Å². The topological polar surface area (TPSA) is 38.1 Å². The maximum Gasteiger partial charge on any atom is 0.197 e. The van der Waals surface area contributed by atoms with Crippen LogP contribution in [0.2, 0.25) is 0 Å². The van der Waals surface area contributed by atoms with E-state index < -0.39 is 0 Å². The van der Waals surface area contributed by atoms with Crippen molar-refractivity contribution in [1.82, 2.24) is 10.3 Å². The minimum Gasteiger partial charge on any atom is -0.445 e. The lowest BCUT2D eigenvalue weighted by molar-refractivity contribution is 0.372. The highest BCUT2D eigenvalue weighted by Gasteiger charge is 2.18. The molecule has 0 aromatic carbocycles. The van der Waals surface area contributed by atoms with E-state index in [0.29, 0.717) is 5.92 Å². The van der Waals surface area contributed by atoms with Crippen LogP contribution in [-0.2, 0) is 6.42 Å². The zero-order chi connectivity index (χ0) is 11.5. The van der Waals surface area contributed by atoms with Gasteiger partial charge in [0.1, 0.15) is 5.76 Å². The summed E-state index contributed by atoms with van der Waals surface area (Å²) in [6.45, 7) is 8.58. The number of hydrogen-bond donors (Lipinski definition) is 1. The lowest BCUT2D eigenvalue weighted by Crippen LogP contribution is -2.31. The number of rotatable bonds is 3. The molecule has 1 unspecified atom stereocenters. The van der Waals surface area contributed by atoms with Gasteiger partial charge in [0.2, 0.25) is 0 Å². The summed E-state index contributed by atoms with van der Waals surface area (Å²) in [7, 11) is 0. The Morgan fingerprint density at radius 1 is 1.50 bits per heavy atom. The minimum atomic E-state index is 0.386. The first-order chi connectivity index (χ1) is 7.66. The van der Waals surface area contributed by atoms with Crippen LogP contribution in [0.15, 0.2) is 4.42 Å². The van der Waals surface area contributed by atoms with Crippen molar-refractivity contribution < 1.29 is 4.42 Å². The van der Waals surface area contributed by atoms with Crippen molar-refractivity contribution in [2.24, 2.45) is 5.92 Å². The number of aryl methyl sites for hydroxylation is 1. The predicted molar refractivity (Wildman–Crippen MR) is 64.6 cm³/mol. The van der Waals surface area contributed by atoms with Crippen LogP contribution in [0.3, 0.4) is 0 Å². The lowest BCUT2D eigenvalue weighted by atomic mass is 9.94. The highest BCUT2D eigenvalue weighted by Crippen LogP contribution is 2.22. The molecule has 3 nitrogen and oxygen atoms in total. The normalized spacial score (nSPS) is 21.6. The quantitative estimate of drug-likeness (QED) is 0.854. The number of hydrogen-bond acceptors (Lipinski definition) is 3. The second-order valence-electron chi connectivity index (χ2n) is 5.13. The number of piperidine rings is 1. The molecule has 1 aromatic heterocycles. The molecule has 1 atom stereocenters. The second-order valence-corrected chi connectivity index (χ2v) is 5.13. The molecule has 0 spiro atoms. The van der Waals surface area contributed by atoms with Crippen LogP contribution in [-0.4, -0.2) is 18.1 Å². The van der Waals surface area contributed by atoms with E-state index in [1.807, 2.05) is 6.92 Å². The molecular formula is C13H22N2O. The smallest absolute Gasteiger partial charge is 0.197 e. The van der Waals surface area contributed by atoms with Gasteiger partial charge in [-0.2, -0.15) is 0 Å². The van der Waals surface area contributed by atoms with Crippen molar-refractivity contribution in [1.29, 1.82) is 0 Å². The molecule has 0 aliphatic carbocycles. The van der Waals surface area contributed by atoms with Gasteiger partial charge < -0.3 is 9.73 Å². The summed E-state index contributed by atoms with van der Waals surface area (Å²) in [5.41, 5.74) is 1.16. The first-order valence-electron chi connectivity index (χ1n) is 6.33. The van der Waals surface area contributed by atoms with Gasteiger partial charge >= 0.3 is 0 Å². The highest BCUT2D eigenvalue weighted by molar-refractivity contribution is 5.10. The maximum absolute atomic E-state index is 5.69. The zero-order valence-electron chi connectivity index (χ0n) is 10.5. The largest absolute Gasteiger partial charge is 0.445 e. The number of nitrogens with one attached hydrogen (secondary N) is 1. The molecule has 90 valence electrons. The molecule has 1 saturated heterocycles. The molecule has 0 saturated carbocycles. The fraction of sp³-hybridized carbons (Fsp3) is 0.769. The van der Waals surface area contributed by atoms with Crippen molar-refractivity contribution in [2.45, 2.75) is 46.0 Å². The third-order valence-electron chi connectivity index (χ3n) is 3.28. The molecule has 3 heteroatoms. The Balaban J connectivity index is 2.02. The molecule has 0 amide bonds. The summed E-state index contributed by atoms with van der Waals surface area (Å²) >= 11 is 0. The average Bonchev–Trinajstić information content (AvgIpc) is 2.62. The second kappa shape index (κ2) is 5.00. The minimum absolute atomic E-state index is 0.386. The monoisotopic (exact) mass is 222 g/mol. The van der Waals surface area contributed by atoms with E-state index in [4.69, 9.17) is 4.42 Å². The third kappa shape index (κ3) is 2.64. The Morgan fingerprint density at radius 3 is 2.88 bits per heavy atom. The van der Waals surface area contributed by atoms with Crippen molar-refractivity contribution in [2.75, 3.05) is 13.1 Å². The summed E-state index contributed by atoms with van der Waals surface area (Å²) < 4.78 is 5.69. The van der Waals surface area contributed by atoms with Crippen LogP contribution in [0.1, 0.15) is 50.0 Å². The van der Waals surface area contributed by atoms with Gasteiger partial charge in [0.05, 0.1) is 5.69 Å². The molecule has 1 fully saturated rings. The van der Waals surface area contributed by atoms with Crippen molar-refractivity contribution in [3.05, 3.63) is 17.3 Å². The molecule has 16 heavy (non-hydrogen) atoms. The first-order valence-corrected chi connectivity index (χ1v) is 6.33. The van der Waals surface area contributed by atoms with Crippen LogP contribution < -0.4 is 5.32 Å². The Kier molecular flexibility index (Phi) is 3.64. The third-order valence-corrected chi connectivity index (χ3v) is 3.28. The fourth-order valence-electron chi connectivity index (χ4n) is 2.26. The zero-order valence-corrected chi connectivity index (χ0v) is 10.5. The van der Waals surface area contributed by atoms with Gasteiger partial charge in [0, 0.05) is 5.92 Å². The molecule has 0 bridgehead atoms. The van der Waals surface area contributed by atoms with E-state index in [0.717, 1.165) is 36.2 Å². The van der Waals surface area contributed by atoms with Gasteiger partial charge in [-0.25, -0.2) is 4.98 Å². The van der Waals surface area contributed by atoms with E-state index in [2.05, 4.69) is 24.1 Å². The average molecular weight is 222 g/mol. The Hall–Kier alpha value is -0.830. The van der Waals surface area contributed by atoms with Crippen molar-refractivity contribution in [3.63, 3.8) is 0 Å². The van der Waals surface area contributed by atoms with Crippen LogP contribution in [0.4, 0.5) is 0 Å². The summed E-state index contributed by atoms with van der Waals surface area (Å²) in [6, 6.07) is 0. The van der Waals surface area contributed by atoms with Gasteiger partial charge in [-0.15, -0.1) is 0 Å². The van der Waals surface area contributed by atoms with E-state index in [1.54, 1.807) is 0 Å². The van der Waals surface area contributed by atoms with E-state index in [-0.39, 0.29) is 0 Å². The van der Waals surface area contributed by atoms with Crippen LogP contribution in [0.5, 0.6) is 0 Å². The molecule has 0 radical (unpaired) electrons. The van der Waals surface area contributed by atoms with Gasteiger partial charge in [-0.05, 0) is 45.2 Å². The molecule has 1 aliphatic heterocycles. The maximum atomic E-state index is 5.69. The Morgan fingerprint density at radius 2 is 2.31 bits per heavy atom. The number of nitrogens with zero attached hydrogens (tertiary/aromatic N) is 1. The molecule has 2 rings (SSSR count). The molecular weight excluding hydrogens is 200 g/mol. The Labute approximate surface area is 97.6 Å². The van der Waals surface area contributed by atoms with Gasteiger partial charge in [0.25, 0.3) is 0 Å². The molecule has 2 heterocycles. The molecule has 1 aliphatic rings. The van der Waals surface area contributed by atoms with Crippen LogP contribution in [0, 0.1) is 12.8 Å². The SMILES string of the molecule is Cc1oc(C(C)C)nc1CC1CCCNC1. The fourth-order valence-corrected chi connectivity index (χ4v) is 2.26. The van der Waals surface area contributed by atoms with Crippen LogP contribution in [0.25, 0.3) is 0 Å². The van der Waals surface area contributed by atoms with E-state index >= 15 is 0 Å². The first kappa shape index (κ1) is 11.6. The van der Waals surface area contributed by atoms with Crippen LogP contribution >= 0.6 is 0 Å². The van der Waals surface area contributed by atoms with Gasteiger partial charge in [-0.3, -0.25) is 0 Å². The lowest BCUT2D eigenvalue weighted by Gasteiger charge is -2.21. The highest BCUT2D eigenvalue weighted by atomic mass is 16.4. The Bertz CT molecular complexity index is 338. The van der Waals surface area contributed by atoms with Crippen molar-refractivity contribution in [3.8, 4) is 0 Å². The number of aromatic nitrogens is 1. The summed E-state index contributed by atoms with van der Waals surface area (Å²) in [5, 5.41) is 3.45.